The van der Waals surface area contributed by atoms with E-state index in [-0.39, 0.29) is 17.4 Å². The summed E-state index contributed by atoms with van der Waals surface area (Å²) in [4.78, 5) is 8.28. The Hall–Kier alpha value is -3.46. The van der Waals surface area contributed by atoms with Crippen LogP contribution in [0.25, 0.3) is 0 Å². The first kappa shape index (κ1) is 39.4. The minimum atomic E-state index is -4.69. The smallest absolute Gasteiger partial charge is 0.433 e. The summed E-state index contributed by atoms with van der Waals surface area (Å²) in [5.41, 5.74) is 3.46. The molecule has 4 fully saturated rings. The van der Waals surface area contributed by atoms with E-state index in [9.17, 15) is 33.6 Å². The predicted octanol–water partition coefficient (Wildman–Crippen LogP) is 5.51. The van der Waals surface area contributed by atoms with Gasteiger partial charge in [-0.05, 0) is 115 Å². The Bertz CT molecular complexity index is 1810. The van der Waals surface area contributed by atoms with Crippen LogP contribution in [0, 0.1) is 17.3 Å². The molecule has 1 aromatic heterocycles. The second-order valence-corrected chi connectivity index (χ2v) is 16.7. The van der Waals surface area contributed by atoms with Crippen molar-refractivity contribution in [3.8, 4) is 11.6 Å². The topological polar surface area (TPSA) is 128 Å². The minimum Gasteiger partial charge on any atom is -0.494 e. The fourth-order valence-electron chi connectivity index (χ4n) is 10.5. The summed E-state index contributed by atoms with van der Waals surface area (Å²) in [5, 5.41) is 42.0. The van der Waals surface area contributed by atoms with Crippen LogP contribution in [0.15, 0.2) is 60.7 Å². The zero-order valence-corrected chi connectivity index (χ0v) is 31.9. The molecule has 0 spiro atoms. The van der Waals surface area contributed by atoms with Crippen molar-refractivity contribution in [2.45, 2.75) is 101 Å². The maximum Gasteiger partial charge on any atom is 0.433 e. The van der Waals surface area contributed by atoms with Crippen molar-refractivity contribution in [1.82, 2.24) is 9.88 Å². The molecule has 2 saturated carbocycles. The third-order valence-corrected chi connectivity index (χ3v) is 13.6. The molecule has 4 N–H and O–H groups in total. The number of halogens is 3. The van der Waals surface area contributed by atoms with Crippen LogP contribution in [-0.2, 0) is 17.3 Å². The lowest BCUT2D eigenvalue weighted by Crippen LogP contribution is -2.57. The van der Waals surface area contributed by atoms with Gasteiger partial charge < -0.3 is 39.5 Å². The van der Waals surface area contributed by atoms with Crippen LogP contribution >= 0.6 is 0 Å². The molecule has 56 heavy (non-hydrogen) atoms. The van der Waals surface area contributed by atoms with Crippen molar-refractivity contribution in [3.05, 3.63) is 83.0 Å². The Morgan fingerprint density at radius 2 is 1.71 bits per heavy atom. The van der Waals surface area contributed by atoms with Crippen LogP contribution in [0.3, 0.4) is 0 Å². The number of ether oxygens (including phenoxy) is 3. The van der Waals surface area contributed by atoms with Gasteiger partial charge >= 0.3 is 6.18 Å². The average molecular weight is 782 g/mol. The third kappa shape index (κ3) is 7.75. The lowest BCUT2D eigenvalue weighted by molar-refractivity contribution is -0.226. The van der Waals surface area contributed by atoms with Gasteiger partial charge in [-0.25, -0.2) is 4.98 Å². The zero-order chi connectivity index (χ0) is 39.2. The van der Waals surface area contributed by atoms with E-state index in [1.54, 1.807) is 0 Å². The van der Waals surface area contributed by atoms with Gasteiger partial charge in [-0.1, -0.05) is 31.2 Å². The quantitative estimate of drug-likeness (QED) is 0.196. The van der Waals surface area contributed by atoms with Crippen LogP contribution in [0.1, 0.15) is 79.9 Å². The summed E-state index contributed by atoms with van der Waals surface area (Å²) >= 11 is 0. The molecule has 2 saturated heterocycles. The molecule has 304 valence electrons. The normalized spacial score (nSPS) is 33.4. The number of hydrogen-bond donors (Lipinski definition) is 4. The van der Waals surface area contributed by atoms with Gasteiger partial charge in [-0.2, -0.15) is 13.2 Å². The third-order valence-electron chi connectivity index (χ3n) is 13.6. The number of nitrogens with zero attached hydrogens (tertiary/aromatic N) is 3. The van der Waals surface area contributed by atoms with Crippen molar-refractivity contribution in [2.24, 2.45) is 17.3 Å². The van der Waals surface area contributed by atoms with Gasteiger partial charge in [0.2, 0.25) is 5.88 Å². The number of aryl methyl sites for hydroxylation is 1. The highest BCUT2D eigenvalue weighted by molar-refractivity contribution is 5.49. The Kier molecular flexibility index (Phi) is 11.3. The minimum absolute atomic E-state index is 0.0965. The SMILES string of the molecule is C[C@]12CC[C@@H]3c4ccc(OCCCN5CCN(c6ccc([C@H]7O[C@H](CO)[C@H](O)[C@H](O)[C@H]7Oc7cccc(C(F)(F)F)n7)cc6)CC5)cc4CC[C@H]3[C@@H]1CC[C@@H]2O. The Morgan fingerprint density at radius 3 is 2.46 bits per heavy atom. The van der Waals surface area contributed by atoms with E-state index in [0.29, 0.717) is 29.9 Å². The number of piperazine rings is 1. The number of aliphatic hydroxyl groups excluding tert-OH is 4. The summed E-state index contributed by atoms with van der Waals surface area (Å²) in [6.07, 6.45) is -3.71. The average Bonchev–Trinajstić information content (AvgIpc) is 3.52. The fourth-order valence-corrected chi connectivity index (χ4v) is 10.5. The first-order chi connectivity index (χ1) is 26.9. The number of benzene rings is 2. The summed E-state index contributed by atoms with van der Waals surface area (Å²) in [6.45, 7) is 6.81. The fraction of sp³-hybridized carbons (Fsp3) is 0.605. The van der Waals surface area contributed by atoms with Crippen molar-refractivity contribution < 1.29 is 47.8 Å². The van der Waals surface area contributed by atoms with Crippen LogP contribution in [0.2, 0.25) is 0 Å². The van der Waals surface area contributed by atoms with Crippen molar-refractivity contribution in [2.75, 3.05) is 50.8 Å². The predicted molar refractivity (Wildman–Crippen MR) is 203 cm³/mol. The first-order valence-corrected chi connectivity index (χ1v) is 20.3. The maximum atomic E-state index is 13.3. The van der Waals surface area contributed by atoms with Gasteiger partial charge in [0.15, 0.2) is 6.10 Å². The molecule has 0 unspecified atom stereocenters. The number of rotatable bonds is 10. The number of hydrogen-bond acceptors (Lipinski definition) is 10. The van der Waals surface area contributed by atoms with Crippen molar-refractivity contribution in [1.29, 1.82) is 0 Å². The monoisotopic (exact) mass is 781 g/mol. The molecule has 0 bridgehead atoms. The van der Waals surface area contributed by atoms with Gasteiger partial charge in [0.25, 0.3) is 0 Å². The molecule has 10 nitrogen and oxygen atoms in total. The Labute approximate surface area is 326 Å². The lowest BCUT2D eigenvalue weighted by Gasteiger charge is -2.50. The maximum absolute atomic E-state index is 13.3. The number of aromatic nitrogens is 1. The Morgan fingerprint density at radius 1 is 0.929 bits per heavy atom. The summed E-state index contributed by atoms with van der Waals surface area (Å²) in [5.74, 6) is 2.50. The number of anilines is 1. The molecule has 0 amide bonds. The highest BCUT2D eigenvalue weighted by atomic mass is 19.4. The molecule has 3 aromatic rings. The van der Waals surface area contributed by atoms with Gasteiger partial charge in [0.1, 0.15) is 35.9 Å². The van der Waals surface area contributed by atoms with E-state index in [1.165, 1.54) is 30.0 Å². The molecule has 8 rings (SSSR count). The molecule has 3 heterocycles. The van der Waals surface area contributed by atoms with Gasteiger partial charge in [0.05, 0.1) is 19.3 Å². The number of alkyl halides is 3. The lowest BCUT2D eigenvalue weighted by atomic mass is 9.55. The molecule has 3 aliphatic carbocycles. The number of aliphatic hydroxyl groups is 4. The van der Waals surface area contributed by atoms with Crippen LogP contribution in [0.4, 0.5) is 18.9 Å². The highest BCUT2D eigenvalue weighted by Crippen LogP contribution is 2.61. The van der Waals surface area contributed by atoms with E-state index in [0.717, 1.165) is 88.4 Å². The summed E-state index contributed by atoms with van der Waals surface area (Å²) in [6, 6.07) is 17.4. The molecular formula is C43H54F3N3O7. The number of pyridine rings is 1. The van der Waals surface area contributed by atoms with E-state index in [4.69, 9.17) is 14.2 Å². The van der Waals surface area contributed by atoms with Crippen molar-refractivity contribution >= 4 is 5.69 Å². The van der Waals surface area contributed by atoms with E-state index < -0.39 is 49.0 Å². The van der Waals surface area contributed by atoms with Gasteiger partial charge in [-0.15, -0.1) is 0 Å². The molecule has 5 aliphatic rings. The summed E-state index contributed by atoms with van der Waals surface area (Å²) in [7, 11) is 0. The van der Waals surface area contributed by atoms with Gasteiger partial charge in [0, 0.05) is 44.5 Å². The zero-order valence-electron chi connectivity index (χ0n) is 31.9. The van der Waals surface area contributed by atoms with Crippen LogP contribution < -0.4 is 14.4 Å². The van der Waals surface area contributed by atoms with Gasteiger partial charge in [-0.3, -0.25) is 4.90 Å². The number of fused-ring (bicyclic) bond motifs is 5. The second kappa shape index (κ2) is 16.1. The van der Waals surface area contributed by atoms with E-state index in [2.05, 4.69) is 39.9 Å². The van der Waals surface area contributed by atoms with E-state index in [1.807, 2.05) is 24.3 Å². The molecule has 0 radical (unpaired) electrons. The van der Waals surface area contributed by atoms with Crippen LogP contribution in [-0.4, -0.2) is 107 Å². The largest absolute Gasteiger partial charge is 0.494 e. The van der Waals surface area contributed by atoms with E-state index >= 15 is 0 Å². The molecule has 2 aliphatic heterocycles. The molecule has 13 heteroatoms. The molecule has 10 atom stereocenters. The first-order valence-electron chi connectivity index (χ1n) is 20.3. The molecular weight excluding hydrogens is 727 g/mol. The van der Waals surface area contributed by atoms with Crippen LogP contribution in [0.5, 0.6) is 11.6 Å². The molecule has 2 aromatic carbocycles. The standard InChI is InChI=1S/C43H54F3N3O7/c1-42-17-16-31-30-13-11-29(24-27(30)8-12-32(31)33(42)14-15-36(42)51)54-23-3-18-48-19-21-49(22-20-48)28-9-6-26(7-10-28)40-41(39(53)38(52)34(25-50)55-40)56-37-5-2-4-35(47-37)43(44,45)46/h2,4-7,9-11,13,24,31-34,36,38-41,50-53H,3,8,12,14-23,25H2,1H3/t31-,32-,33+,34-,36+,38+,39+,40-,41-,42+/m1/s1. The second-order valence-electron chi connectivity index (χ2n) is 16.7. The Balaban J connectivity index is 0.818. The summed E-state index contributed by atoms with van der Waals surface area (Å²) < 4.78 is 57.9. The van der Waals surface area contributed by atoms with Crippen molar-refractivity contribution in [3.63, 3.8) is 0 Å². The highest BCUT2D eigenvalue weighted by Gasteiger charge is 2.54.